The van der Waals surface area contributed by atoms with Gasteiger partial charge in [0.15, 0.2) is 0 Å². The van der Waals surface area contributed by atoms with E-state index in [1.807, 2.05) is 91.0 Å². The Morgan fingerprint density at radius 2 is 1.09 bits per heavy atom. The summed E-state index contributed by atoms with van der Waals surface area (Å²) >= 11 is 1.61. The SMILES string of the molecule is CC(C)C[C@H](NC(=O)CNC(=O)CNC(=O)[C@H](C)NC(=O)CNC(=O)[C@H]1C[C@@H](SC(c2ccccc2)(c2ccccc2)c2ccccc2)CN1C(=O)OC(C)(C)C)C(=O)N[C@@H](CCC(=O)O)C(=O)NCC(=O)N1CCC[C@H]1C(=O)N1CCC[C@H]1C(=O)N[C@@H](CCC(N)=O)C(N)=O. The van der Waals surface area contributed by atoms with Gasteiger partial charge in [-0.05, 0) is 102 Å². The Hall–Kier alpha value is -9.61. The topological polar surface area (TPSA) is 426 Å². The van der Waals surface area contributed by atoms with Crippen molar-refractivity contribution in [2.75, 3.05) is 45.8 Å². The van der Waals surface area contributed by atoms with E-state index >= 15 is 0 Å². The third-order valence-electron chi connectivity index (χ3n) is 16.2. The Kier molecular flexibility index (Phi) is 27.7. The average Bonchev–Trinajstić information content (AvgIpc) is 1.07. The minimum atomic E-state index is -1.53. The number of nitrogens with one attached hydrogen (secondary N) is 8. The quantitative estimate of drug-likeness (QED) is 0.0371. The average molecular weight is 1350 g/mol. The Morgan fingerprint density at radius 3 is 1.65 bits per heavy atom. The maximum absolute atomic E-state index is 14.1. The highest BCUT2D eigenvalue weighted by atomic mass is 32.2. The standard InChI is InChI=1S/C66H89N13O16S/c1-39(2)32-47(60(90)76-46(27-29-56(85)86)59(89)72-37-55(84)77-30-17-25-49(77)63(93)78-31-16-24-48(78)62(92)75-45(57(68)87)26-28-51(67)80)74-54(83)35-69-52(81)34-70-58(88)40(3)73-53(82)36-71-61(91)50-33-44(38-79(50)64(94)95-65(4,5)6)96-66(41-18-10-7-11-19-41,42-20-12-8-13-21-42)43-22-14-9-15-23-43/h7-15,18-23,39-40,44-50H,16-17,24-38H2,1-6H3,(H2,67,80)(H2,68,87)(H,69,81)(H,70,88)(H,71,91)(H,72,89)(H,73,82)(H,74,83)(H,75,92)(H,76,90)(H,85,86)/t40-,44+,45-,46-,47-,48-,49-,50+/m0/s1. The molecule has 3 heterocycles. The van der Waals surface area contributed by atoms with Crippen LogP contribution in [-0.2, 0) is 71.8 Å². The third-order valence-corrected chi connectivity index (χ3v) is 18.0. The number of carbonyl (C=O) groups is 14. The largest absolute Gasteiger partial charge is 0.481 e. The van der Waals surface area contributed by atoms with Crippen LogP contribution in [0.4, 0.5) is 4.79 Å². The van der Waals surface area contributed by atoms with Crippen LogP contribution in [0.25, 0.3) is 0 Å². The van der Waals surface area contributed by atoms with Gasteiger partial charge in [-0.2, -0.15) is 0 Å². The van der Waals surface area contributed by atoms with Crippen LogP contribution in [0.15, 0.2) is 91.0 Å². The molecule has 96 heavy (non-hydrogen) atoms. The van der Waals surface area contributed by atoms with Gasteiger partial charge in [-0.3, -0.25) is 67.2 Å². The van der Waals surface area contributed by atoms with Gasteiger partial charge in [0, 0.05) is 37.7 Å². The summed E-state index contributed by atoms with van der Waals surface area (Å²) in [5.41, 5.74) is 12.7. The Morgan fingerprint density at radius 1 is 0.562 bits per heavy atom. The van der Waals surface area contributed by atoms with Gasteiger partial charge >= 0.3 is 12.1 Å². The summed E-state index contributed by atoms with van der Waals surface area (Å²) in [6.45, 7) is 7.79. The molecule has 3 saturated heterocycles. The number of likely N-dealkylation sites (tertiary alicyclic amines) is 3. The number of carboxylic acids is 1. The minimum Gasteiger partial charge on any atom is -0.481 e. The molecule has 13 N–H and O–H groups in total. The highest BCUT2D eigenvalue weighted by molar-refractivity contribution is 8.01. The molecule has 3 aliphatic rings. The lowest BCUT2D eigenvalue weighted by Crippen LogP contribution is -2.57. The van der Waals surface area contributed by atoms with Crippen LogP contribution in [0.2, 0.25) is 0 Å². The molecule has 520 valence electrons. The molecular formula is C66H89N13O16S. The lowest BCUT2D eigenvalue weighted by Gasteiger charge is -2.37. The number of hydrogen-bond acceptors (Lipinski definition) is 16. The first kappa shape index (κ1) is 75.4. The maximum atomic E-state index is 14.1. The number of nitrogens with two attached hydrogens (primary N) is 2. The summed E-state index contributed by atoms with van der Waals surface area (Å²) in [6, 6.07) is 21.5. The van der Waals surface area contributed by atoms with Crippen molar-refractivity contribution in [2.45, 2.75) is 164 Å². The molecule has 0 aromatic heterocycles. The molecule has 3 aromatic rings. The van der Waals surface area contributed by atoms with Gasteiger partial charge < -0.3 is 73.6 Å². The first-order valence-electron chi connectivity index (χ1n) is 32.0. The Bertz CT molecular complexity index is 3210. The molecule has 6 rings (SSSR count). The Balaban J connectivity index is 0.976. The van der Waals surface area contributed by atoms with Gasteiger partial charge in [-0.15, -0.1) is 11.8 Å². The predicted octanol–water partition coefficient (Wildman–Crippen LogP) is 0.157. The van der Waals surface area contributed by atoms with Crippen molar-refractivity contribution in [1.29, 1.82) is 0 Å². The zero-order chi connectivity index (χ0) is 70.4. The van der Waals surface area contributed by atoms with Gasteiger partial charge in [0.1, 0.15) is 47.9 Å². The highest BCUT2D eigenvalue weighted by Gasteiger charge is 2.48. The normalized spacial score (nSPS) is 18.1. The van der Waals surface area contributed by atoms with E-state index in [2.05, 4.69) is 42.5 Å². The van der Waals surface area contributed by atoms with E-state index in [1.165, 1.54) is 21.6 Å². The molecule has 30 heteroatoms. The molecule has 0 radical (unpaired) electrons. The van der Waals surface area contributed by atoms with Crippen LogP contribution in [0.1, 0.15) is 122 Å². The monoisotopic (exact) mass is 1350 g/mol. The number of carboxylic acid groups (broad SMARTS) is 1. The van der Waals surface area contributed by atoms with E-state index in [9.17, 15) is 72.2 Å². The molecule has 0 unspecified atom stereocenters. The van der Waals surface area contributed by atoms with Crippen LogP contribution < -0.4 is 54.0 Å². The lowest BCUT2D eigenvalue weighted by molar-refractivity contribution is -0.147. The summed E-state index contributed by atoms with van der Waals surface area (Å²) in [5, 5.41) is 28.8. The van der Waals surface area contributed by atoms with Gasteiger partial charge in [0.2, 0.25) is 70.9 Å². The van der Waals surface area contributed by atoms with Gasteiger partial charge in [-0.25, -0.2) is 4.79 Å². The van der Waals surface area contributed by atoms with E-state index < -0.39 is 175 Å². The Labute approximate surface area is 561 Å². The number of benzene rings is 3. The molecule has 13 amide bonds. The lowest BCUT2D eigenvalue weighted by atomic mass is 9.84. The second kappa shape index (κ2) is 35.2. The smallest absolute Gasteiger partial charge is 0.411 e. The van der Waals surface area contributed by atoms with Gasteiger partial charge in [-0.1, -0.05) is 105 Å². The van der Waals surface area contributed by atoms with Crippen molar-refractivity contribution >= 4 is 94.7 Å². The molecule has 0 bridgehead atoms. The van der Waals surface area contributed by atoms with E-state index in [-0.39, 0.29) is 69.3 Å². The van der Waals surface area contributed by atoms with Gasteiger partial charge in [0.25, 0.3) is 0 Å². The van der Waals surface area contributed by atoms with Crippen LogP contribution in [-0.4, -0.2) is 202 Å². The van der Waals surface area contributed by atoms with E-state index in [1.54, 1.807) is 46.4 Å². The molecule has 3 fully saturated rings. The number of thioether (sulfide) groups is 1. The molecular weight excluding hydrogens is 1260 g/mol. The minimum absolute atomic E-state index is 0.0103. The number of hydrogen-bond donors (Lipinski definition) is 11. The zero-order valence-electron chi connectivity index (χ0n) is 54.9. The molecule has 0 saturated carbocycles. The fraction of sp³-hybridized carbons (Fsp3) is 0.515. The van der Waals surface area contributed by atoms with Crippen LogP contribution >= 0.6 is 11.8 Å². The molecule has 29 nitrogen and oxygen atoms in total. The fourth-order valence-corrected chi connectivity index (χ4v) is 13.5. The number of nitrogens with zero attached hydrogens (tertiary/aromatic N) is 3. The number of aliphatic carboxylic acids is 1. The van der Waals surface area contributed by atoms with Crippen molar-refractivity contribution in [3.63, 3.8) is 0 Å². The van der Waals surface area contributed by atoms with Crippen LogP contribution in [0.5, 0.6) is 0 Å². The van der Waals surface area contributed by atoms with E-state index in [0.29, 0.717) is 12.8 Å². The second-order valence-corrected chi connectivity index (χ2v) is 26.8. The molecule has 8 atom stereocenters. The van der Waals surface area contributed by atoms with Crippen molar-refractivity contribution in [3.05, 3.63) is 108 Å². The van der Waals surface area contributed by atoms with E-state index in [4.69, 9.17) is 16.2 Å². The molecule has 3 aliphatic heterocycles. The van der Waals surface area contributed by atoms with E-state index in [0.717, 1.165) is 16.7 Å². The second-order valence-electron chi connectivity index (χ2n) is 25.3. The first-order chi connectivity index (χ1) is 45.5. The number of ether oxygens (including phenoxy) is 1. The third kappa shape index (κ3) is 21.7. The van der Waals surface area contributed by atoms with Crippen molar-refractivity contribution < 1.29 is 77.0 Å². The van der Waals surface area contributed by atoms with Gasteiger partial charge in [0.05, 0.1) is 30.9 Å². The summed E-state index contributed by atoms with van der Waals surface area (Å²) < 4.78 is 5.01. The summed E-state index contributed by atoms with van der Waals surface area (Å²) in [7, 11) is 0. The van der Waals surface area contributed by atoms with Crippen molar-refractivity contribution in [2.24, 2.45) is 17.4 Å². The summed E-state index contributed by atoms with van der Waals surface area (Å²) in [5.74, 6) is -10.8. The maximum Gasteiger partial charge on any atom is 0.411 e. The molecule has 3 aromatic carbocycles. The number of rotatable bonds is 32. The molecule has 0 aliphatic carbocycles. The number of primary amides is 2. The van der Waals surface area contributed by atoms with Crippen molar-refractivity contribution in [3.8, 4) is 0 Å². The highest BCUT2D eigenvalue weighted by Crippen LogP contribution is 2.52. The number of carbonyl (C=O) groups excluding carboxylic acids is 13. The van der Waals surface area contributed by atoms with Crippen LogP contribution in [0, 0.1) is 5.92 Å². The summed E-state index contributed by atoms with van der Waals surface area (Å²) in [4.78, 5) is 188. The predicted molar refractivity (Wildman–Crippen MR) is 351 cm³/mol. The first-order valence-corrected chi connectivity index (χ1v) is 32.9. The fourth-order valence-electron chi connectivity index (χ4n) is 11.6. The number of amides is 13. The van der Waals surface area contributed by atoms with Crippen molar-refractivity contribution in [1.82, 2.24) is 57.2 Å². The van der Waals surface area contributed by atoms with Crippen LogP contribution in [0.3, 0.4) is 0 Å². The molecule has 0 spiro atoms. The summed E-state index contributed by atoms with van der Waals surface area (Å²) in [6.07, 6.45) is -0.609. The zero-order valence-corrected chi connectivity index (χ0v) is 55.7.